The third-order valence-corrected chi connectivity index (χ3v) is 9.36. The summed E-state index contributed by atoms with van der Waals surface area (Å²) >= 11 is 0. The molecular weight excluding hydrogens is 598 g/mol. The van der Waals surface area contributed by atoms with E-state index in [0.717, 1.165) is 63.8 Å². The van der Waals surface area contributed by atoms with Crippen LogP contribution in [-0.2, 0) is 19.1 Å². The van der Waals surface area contributed by atoms with E-state index in [1.54, 1.807) is 0 Å². The molecule has 1 aromatic rings. The molecule has 3 aliphatic rings. The molecule has 2 N–H and O–H groups in total. The number of hydrogen-bond acceptors (Lipinski definition) is 12. The zero-order valence-electron chi connectivity index (χ0n) is 30.2. The minimum atomic E-state index is -0.589. The van der Waals surface area contributed by atoms with Gasteiger partial charge in [0, 0.05) is 22.2 Å². The number of ether oxygens (including phenoxy) is 3. The van der Waals surface area contributed by atoms with Crippen molar-refractivity contribution in [2.45, 2.75) is 167 Å². The van der Waals surface area contributed by atoms with Crippen molar-refractivity contribution in [3.63, 3.8) is 0 Å². The number of carbonyl (C=O) groups excluding carboxylic acids is 2. The van der Waals surface area contributed by atoms with Crippen LogP contribution in [0.25, 0.3) is 0 Å². The topological polar surface area (TPSA) is 149 Å². The molecule has 2 aliphatic heterocycles. The Morgan fingerprint density at radius 2 is 1.06 bits per heavy atom. The van der Waals surface area contributed by atoms with Crippen molar-refractivity contribution >= 4 is 36.3 Å². The van der Waals surface area contributed by atoms with Crippen LogP contribution in [0.2, 0.25) is 0 Å². The monoisotopic (exact) mass is 655 g/mol. The molecule has 2 atom stereocenters. The Bertz CT molecular complexity index is 1200. The largest absolute Gasteiger partial charge is 0.460 e. The standard InChI is InChI=1S/C35H57N7O5/c1-22(24-16-32(3,4)41-33(5,6)17-24)45-27(43)20-36-29-38-30(40-31(39-29)47-26-14-12-11-13-15-26)37-21-28(44)46-23(2)25-18-34(7,8)42-35(9,10)19-25/h20-26,41-42H,11-19H2,1-10H3. The van der Waals surface area contributed by atoms with Crippen LogP contribution in [0.5, 0.6) is 6.01 Å². The highest BCUT2D eigenvalue weighted by molar-refractivity contribution is 6.24. The molecule has 3 heterocycles. The smallest absolute Gasteiger partial charge is 0.349 e. The molecule has 2 saturated heterocycles. The van der Waals surface area contributed by atoms with Gasteiger partial charge in [0.25, 0.3) is 11.9 Å². The second-order valence-electron chi connectivity index (χ2n) is 16.5. The number of esters is 2. The van der Waals surface area contributed by atoms with Crippen LogP contribution in [0.1, 0.15) is 127 Å². The van der Waals surface area contributed by atoms with Crippen LogP contribution in [0.15, 0.2) is 9.98 Å². The summed E-state index contributed by atoms with van der Waals surface area (Å²) in [5.41, 5.74) is -0.264. The highest BCUT2D eigenvalue weighted by atomic mass is 16.5. The molecule has 1 aromatic heterocycles. The van der Waals surface area contributed by atoms with E-state index >= 15 is 0 Å². The molecule has 262 valence electrons. The van der Waals surface area contributed by atoms with Gasteiger partial charge in [0.15, 0.2) is 0 Å². The summed E-state index contributed by atoms with van der Waals surface area (Å²) in [7, 11) is 0. The van der Waals surface area contributed by atoms with E-state index in [1.165, 1.54) is 6.42 Å². The minimum Gasteiger partial charge on any atom is -0.460 e. The maximum atomic E-state index is 12.8. The molecule has 2 unspecified atom stereocenters. The summed E-state index contributed by atoms with van der Waals surface area (Å²) in [4.78, 5) is 46.9. The van der Waals surface area contributed by atoms with Crippen LogP contribution < -0.4 is 15.4 Å². The Kier molecular flexibility index (Phi) is 11.5. The second kappa shape index (κ2) is 14.6. The van der Waals surface area contributed by atoms with Crippen molar-refractivity contribution in [2.24, 2.45) is 21.8 Å². The lowest BCUT2D eigenvalue weighted by Gasteiger charge is -2.47. The quantitative estimate of drug-likeness (QED) is 0.228. The maximum absolute atomic E-state index is 12.8. The number of rotatable bonds is 10. The Labute approximate surface area is 280 Å². The molecule has 12 nitrogen and oxygen atoms in total. The highest BCUT2D eigenvalue weighted by Crippen LogP contribution is 2.37. The molecule has 1 aliphatic carbocycles. The van der Waals surface area contributed by atoms with Gasteiger partial charge in [-0.2, -0.15) is 15.0 Å². The van der Waals surface area contributed by atoms with Crippen LogP contribution in [0.3, 0.4) is 0 Å². The van der Waals surface area contributed by atoms with Gasteiger partial charge in [-0.25, -0.2) is 19.6 Å². The van der Waals surface area contributed by atoms with Gasteiger partial charge in [0.2, 0.25) is 0 Å². The summed E-state index contributed by atoms with van der Waals surface area (Å²) in [6.45, 7) is 21.2. The predicted molar refractivity (Wildman–Crippen MR) is 183 cm³/mol. The zero-order valence-corrected chi connectivity index (χ0v) is 30.2. The van der Waals surface area contributed by atoms with Crippen molar-refractivity contribution < 1.29 is 23.8 Å². The molecule has 4 rings (SSSR count). The number of aliphatic imine (C=N–C) groups is 2. The van der Waals surface area contributed by atoms with Crippen LogP contribution in [0, 0.1) is 11.8 Å². The van der Waals surface area contributed by atoms with Crippen molar-refractivity contribution in [1.29, 1.82) is 0 Å². The fourth-order valence-electron chi connectivity index (χ4n) is 8.14. The van der Waals surface area contributed by atoms with Crippen LogP contribution in [0.4, 0.5) is 11.9 Å². The predicted octanol–water partition coefficient (Wildman–Crippen LogP) is 5.96. The van der Waals surface area contributed by atoms with Crippen LogP contribution in [-0.4, -0.2) is 79.8 Å². The van der Waals surface area contributed by atoms with Gasteiger partial charge in [-0.05, 0) is 132 Å². The van der Waals surface area contributed by atoms with E-state index < -0.39 is 11.9 Å². The highest BCUT2D eigenvalue weighted by Gasteiger charge is 2.41. The number of aromatic nitrogens is 3. The van der Waals surface area contributed by atoms with Gasteiger partial charge < -0.3 is 24.8 Å². The van der Waals surface area contributed by atoms with Crippen molar-refractivity contribution in [1.82, 2.24) is 25.6 Å². The number of piperidine rings is 2. The van der Waals surface area contributed by atoms with Gasteiger partial charge in [0.1, 0.15) is 30.7 Å². The summed E-state index contributed by atoms with van der Waals surface area (Å²) in [6.07, 6.45) is 10.1. The molecular formula is C35H57N7O5. The number of carbonyl (C=O) groups is 2. The van der Waals surface area contributed by atoms with Gasteiger partial charge in [0.05, 0.1) is 0 Å². The van der Waals surface area contributed by atoms with E-state index in [0.29, 0.717) is 0 Å². The minimum absolute atomic E-state index is 0.0339. The first kappa shape index (κ1) is 36.8. The molecule has 47 heavy (non-hydrogen) atoms. The molecule has 0 aromatic carbocycles. The Morgan fingerprint density at radius 1 is 0.681 bits per heavy atom. The first-order valence-electron chi connectivity index (χ1n) is 17.3. The SMILES string of the molecule is CC(OC(=O)C=Nc1nc(N=CC(=O)OC(C)C2CC(C)(C)NC(C)(C)C2)nc(OC2CCCCC2)n1)C1CC(C)(C)NC(C)(C)C1. The van der Waals surface area contributed by atoms with E-state index in [4.69, 9.17) is 14.2 Å². The third kappa shape index (κ3) is 11.6. The van der Waals surface area contributed by atoms with Crippen molar-refractivity contribution in [3.8, 4) is 6.01 Å². The molecule has 1 saturated carbocycles. The second-order valence-corrected chi connectivity index (χ2v) is 16.5. The molecule has 0 radical (unpaired) electrons. The van der Waals surface area contributed by atoms with Gasteiger partial charge in [-0.15, -0.1) is 0 Å². The zero-order chi connectivity index (χ0) is 34.6. The summed E-state index contributed by atoms with van der Waals surface area (Å²) in [5, 5.41) is 7.32. The van der Waals surface area contributed by atoms with Gasteiger partial charge >= 0.3 is 17.9 Å². The van der Waals surface area contributed by atoms with Gasteiger partial charge in [-0.1, -0.05) is 6.42 Å². The van der Waals surface area contributed by atoms with Crippen molar-refractivity contribution in [2.75, 3.05) is 0 Å². The van der Waals surface area contributed by atoms with Crippen molar-refractivity contribution in [3.05, 3.63) is 0 Å². The van der Waals surface area contributed by atoms with E-state index in [9.17, 15) is 9.59 Å². The molecule has 12 heteroatoms. The molecule has 0 amide bonds. The lowest BCUT2D eigenvalue weighted by Crippen LogP contribution is -2.59. The summed E-state index contributed by atoms with van der Waals surface area (Å²) in [6, 6.07) is 0.0491. The Hall–Kier alpha value is -2.99. The summed E-state index contributed by atoms with van der Waals surface area (Å²) < 4.78 is 17.6. The van der Waals surface area contributed by atoms with Gasteiger partial charge in [-0.3, -0.25) is 0 Å². The van der Waals surface area contributed by atoms with Crippen LogP contribution >= 0.6 is 0 Å². The first-order chi connectivity index (χ1) is 21.8. The Morgan fingerprint density at radius 3 is 1.45 bits per heavy atom. The number of nitrogens with zero attached hydrogens (tertiary/aromatic N) is 5. The Balaban J connectivity index is 1.44. The molecule has 0 spiro atoms. The van der Waals surface area contributed by atoms with E-state index in [1.807, 2.05) is 13.8 Å². The summed E-state index contributed by atoms with van der Waals surface area (Å²) in [5.74, 6) is -0.910. The third-order valence-electron chi connectivity index (χ3n) is 9.36. The normalized spacial score (nSPS) is 24.6. The first-order valence-corrected chi connectivity index (χ1v) is 17.3. The fraction of sp³-hybridized carbons (Fsp3) is 0.800. The average Bonchev–Trinajstić information content (AvgIpc) is 2.92. The average molecular weight is 656 g/mol. The molecule has 0 bridgehead atoms. The fourth-order valence-corrected chi connectivity index (χ4v) is 8.14. The maximum Gasteiger partial charge on any atom is 0.349 e. The number of nitrogens with one attached hydrogen (secondary N) is 2. The van der Waals surface area contributed by atoms with E-state index in [-0.39, 0.29) is 70.2 Å². The lowest BCUT2D eigenvalue weighted by molar-refractivity contribution is -0.144. The van der Waals surface area contributed by atoms with E-state index in [2.05, 4.69) is 91.0 Å². The number of hydrogen-bond donors (Lipinski definition) is 2. The lowest BCUT2D eigenvalue weighted by atomic mass is 9.74. The molecule has 3 fully saturated rings.